The quantitative estimate of drug-likeness (QED) is 0.575. The van der Waals surface area contributed by atoms with Crippen LogP contribution in [0.3, 0.4) is 0 Å². The van der Waals surface area contributed by atoms with Gasteiger partial charge in [0.2, 0.25) is 0 Å². The van der Waals surface area contributed by atoms with Crippen LogP contribution in [0.4, 0.5) is 5.00 Å². The number of nitrogens with two attached hydrogens (primary N) is 1. The molecule has 8 heteroatoms. The number of aryl methyl sites for hydroxylation is 1. The maximum atomic E-state index is 11.9. The lowest BCUT2D eigenvalue weighted by Crippen LogP contribution is -2.34. The van der Waals surface area contributed by atoms with Crippen molar-refractivity contribution in [3.05, 3.63) is 40.2 Å². The molecule has 0 bridgehead atoms. The highest BCUT2D eigenvalue weighted by Gasteiger charge is 2.24. The number of anilines is 1. The minimum absolute atomic E-state index is 0.107. The standard InChI is InChI=1S/C16H17N3O3S2/c17-13(20)12-9-5-2-1-3-7-11(9)24-15(12)19-16(23)18-14(21)10-6-4-8-22-10/h4,6,8H,1-3,5,7H2,(H2,17,20)(H2,18,19,21,23). The van der Waals surface area contributed by atoms with Gasteiger partial charge in [0, 0.05) is 4.88 Å². The van der Waals surface area contributed by atoms with Gasteiger partial charge in [-0.3, -0.25) is 14.9 Å². The zero-order chi connectivity index (χ0) is 17.1. The van der Waals surface area contributed by atoms with E-state index in [1.165, 1.54) is 22.5 Å². The summed E-state index contributed by atoms with van der Waals surface area (Å²) >= 11 is 6.65. The predicted octanol–water partition coefficient (Wildman–Crippen LogP) is 2.84. The summed E-state index contributed by atoms with van der Waals surface area (Å²) in [4.78, 5) is 25.0. The fraction of sp³-hybridized carbons (Fsp3) is 0.312. The van der Waals surface area contributed by atoms with Gasteiger partial charge in [0.15, 0.2) is 10.9 Å². The summed E-state index contributed by atoms with van der Waals surface area (Å²) in [6.45, 7) is 0. The monoisotopic (exact) mass is 363 g/mol. The number of carbonyl (C=O) groups excluding carboxylic acids is 2. The second kappa shape index (κ2) is 7.14. The van der Waals surface area contributed by atoms with Crippen LogP contribution in [-0.4, -0.2) is 16.9 Å². The normalized spacial score (nSPS) is 13.7. The predicted molar refractivity (Wildman–Crippen MR) is 96.5 cm³/mol. The number of primary amides is 1. The van der Waals surface area contributed by atoms with E-state index < -0.39 is 11.8 Å². The second-order valence-electron chi connectivity index (χ2n) is 5.52. The highest BCUT2D eigenvalue weighted by Crippen LogP contribution is 2.37. The van der Waals surface area contributed by atoms with E-state index in [1.807, 2.05) is 0 Å². The minimum atomic E-state index is -0.475. The lowest BCUT2D eigenvalue weighted by atomic mass is 10.1. The molecule has 2 heterocycles. The molecule has 0 saturated heterocycles. The van der Waals surface area contributed by atoms with Crippen molar-refractivity contribution < 1.29 is 14.0 Å². The van der Waals surface area contributed by atoms with Crippen molar-refractivity contribution in [1.82, 2.24) is 5.32 Å². The lowest BCUT2D eigenvalue weighted by Gasteiger charge is -2.09. The van der Waals surface area contributed by atoms with Crippen LogP contribution in [0, 0.1) is 0 Å². The summed E-state index contributed by atoms with van der Waals surface area (Å²) in [6, 6.07) is 3.16. The van der Waals surface area contributed by atoms with Crippen molar-refractivity contribution in [1.29, 1.82) is 0 Å². The van der Waals surface area contributed by atoms with Gasteiger partial charge in [-0.25, -0.2) is 0 Å². The van der Waals surface area contributed by atoms with Crippen molar-refractivity contribution in [3.63, 3.8) is 0 Å². The number of furan rings is 1. The van der Waals surface area contributed by atoms with Crippen LogP contribution in [-0.2, 0) is 12.8 Å². The number of hydrogen-bond donors (Lipinski definition) is 3. The average Bonchev–Trinajstić information content (AvgIpc) is 3.11. The molecule has 0 aromatic carbocycles. The average molecular weight is 363 g/mol. The molecule has 0 radical (unpaired) electrons. The third kappa shape index (κ3) is 3.49. The van der Waals surface area contributed by atoms with Gasteiger partial charge in [0.05, 0.1) is 11.8 Å². The van der Waals surface area contributed by atoms with Crippen LogP contribution in [0.25, 0.3) is 0 Å². The molecule has 0 unspecified atom stereocenters. The molecule has 2 aromatic rings. The molecule has 0 aliphatic heterocycles. The zero-order valence-corrected chi connectivity index (χ0v) is 14.5. The van der Waals surface area contributed by atoms with E-state index in [0.717, 1.165) is 37.7 Å². The molecule has 2 amide bonds. The number of thiocarbonyl (C=S) groups is 1. The molecule has 0 fully saturated rings. The number of amides is 2. The van der Waals surface area contributed by atoms with Gasteiger partial charge in [-0.1, -0.05) is 6.42 Å². The van der Waals surface area contributed by atoms with Crippen molar-refractivity contribution in [2.75, 3.05) is 5.32 Å². The van der Waals surface area contributed by atoms with Crippen molar-refractivity contribution in [3.8, 4) is 0 Å². The molecular formula is C16H17N3O3S2. The van der Waals surface area contributed by atoms with E-state index in [2.05, 4.69) is 10.6 Å². The van der Waals surface area contributed by atoms with E-state index in [-0.39, 0.29) is 10.9 Å². The van der Waals surface area contributed by atoms with Crippen molar-refractivity contribution in [2.24, 2.45) is 5.73 Å². The van der Waals surface area contributed by atoms with Gasteiger partial charge in [0.25, 0.3) is 11.8 Å². The van der Waals surface area contributed by atoms with Crippen LogP contribution in [0.2, 0.25) is 0 Å². The first-order chi connectivity index (χ1) is 11.6. The van der Waals surface area contributed by atoms with Gasteiger partial charge in [-0.2, -0.15) is 0 Å². The van der Waals surface area contributed by atoms with Crippen LogP contribution in [0.15, 0.2) is 22.8 Å². The van der Waals surface area contributed by atoms with E-state index in [0.29, 0.717) is 10.6 Å². The highest BCUT2D eigenvalue weighted by molar-refractivity contribution is 7.80. The molecule has 3 rings (SSSR count). The van der Waals surface area contributed by atoms with Gasteiger partial charge in [0.1, 0.15) is 5.00 Å². The Balaban J connectivity index is 1.78. The summed E-state index contributed by atoms with van der Waals surface area (Å²) in [5.74, 6) is -0.760. The van der Waals surface area contributed by atoms with Crippen LogP contribution in [0.5, 0.6) is 0 Å². The molecular weight excluding hydrogens is 346 g/mol. The number of hydrogen-bond acceptors (Lipinski definition) is 5. The molecule has 1 aliphatic carbocycles. The number of nitrogens with one attached hydrogen (secondary N) is 2. The second-order valence-corrected chi connectivity index (χ2v) is 7.03. The molecule has 24 heavy (non-hydrogen) atoms. The van der Waals surface area contributed by atoms with E-state index in [9.17, 15) is 9.59 Å². The molecule has 6 nitrogen and oxygen atoms in total. The van der Waals surface area contributed by atoms with Gasteiger partial charge in [-0.15, -0.1) is 11.3 Å². The first kappa shape index (κ1) is 16.7. The molecule has 0 atom stereocenters. The zero-order valence-electron chi connectivity index (χ0n) is 12.9. The van der Waals surface area contributed by atoms with Crippen LogP contribution in [0.1, 0.15) is 50.6 Å². The van der Waals surface area contributed by atoms with Crippen molar-refractivity contribution in [2.45, 2.75) is 32.1 Å². The largest absolute Gasteiger partial charge is 0.459 e. The summed E-state index contributed by atoms with van der Waals surface area (Å²) in [5.41, 5.74) is 7.08. The van der Waals surface area contributed by atoms with Crippen LogP contribution < -0.4 is 16.4 Å². The fourth-order valence-corrected chi connectivity index (χ4v) is 4.36. The first-order valence-electron chi connectivity index (χ1n) is 7.66. The molecule has 0 saturated carbocycles. The number of thiophene rings is 1. The maximum Gasteiger partial charge on any atom is 0.293 e. The molecule has 4 N–H and O–H groups in total. The Hall–Kier alpha value is -2.19. The maximum absolute atomic E-state index is 11.9. The number of rotatable bonds is 3. The summed E-state index contributed by atoms with van der Waals surface area (Å²) < 4.78 is 5.02. The van der Waals surface area contributed by atoms with Crippen molar-refractivity contribution >= 4 is 45.5 Å². The SMILES string of the molecule is NC(=O)c1c(NC(=S)NC(=O)c2ccco2)sc2c1CCCCC2. The Morgan fingerprint density at radius 2 is 2.04 bits per heavy atom. The number of carbonyl (C=O) groups is 2. The smallest absolute Gasteiger partial charge is 0.293 e. The Labute approximate surface area is 148 Å². The van der Waals surface area contributed by atoms with E-state index >= 15 is 0 Å². The van der Waals surface area contributed by atoms with Gasteiger partial charge < -0.3 is 15.5 Å². The fourth-order valence-electron chi connectivity index (χ4n) is 2.80. The summed E-state index contributed by atoms with van der Waals surface area (Å²) in [7, 11) is 0. The first-order valence-corrected chi connectivity index (χ1v) is 8.89. The molecule has 1 aliphatic rings. The van der Waals surface area contributed by atoms with E-state index in [1.54, 1.807) is 12.1 Å². The third-order valence-electron chi connectivity index (χ3n) is 3.87. The summed E-state index contributed by atoms with van der Waals surface area (Å²) in [6.07, 6.45) is 6.49. The topological polar surface area (TPSA) is 97.4 Å². The Bertz CT molecular complexity index is 781. The summed E-state index contributed by atoms with van der Waals surface area (Å²) in [5, 5.41) is 6.17. The Kier molecular flexibility index (Phi) is 4.96. The van der Waals surface area contributed by atoms with Gasteiger partial charge in [-0.05, 0) is 55.6 Å². The molecule has 126 valence electrons. The lowest BCUT2D eigenvalue weighted by molar-refractivity contribution is 0.0949. The third-order valence-corrected chi connectivity index (χ3v) is 5.28. The molecule has 0 spiro atoms. The Morgan fingerprint density at radius 1 is 1.25 bits per heavy atom. The number of fused-ring (bicyclic) bond motifs is 1. The Morgan fingerprint density at radius 3 is 2.75 bits per heavy atom. The van der Waals surface area contributed by atoms with Gasteiger partial charge >= 0.3 is 0 Å². The highest BCUT2D eigenvalue weighted by atomic mass is 32.1. The van der Waals surface area contributed by atoms with Crippen LogP contribution >= 0.6 is 23.6 Å². The van der Waals surface area contributed by atoms with E-state index in [4.69, 9.17) is 22.4 Å². The molecule has 2 aromatic heterocycles. The minimum Gasteiger partial charge on any atom is -0.459 e.